The van der Waals surface area contributed by atoms with Crippen molar-refractivity contribution in [2.75, 3.05) is 26.2 Å². The van der Waals surface area contributed by atoms with Gasteiger partial charge in [-0.25, -0.2) is 0 Å². The fourth-order valence-electron chi connectivity index (χ4n) is 3.37. The molecule has 0 bridgehead atoms. The number of Topliss-reactive ketones (excluding diaryl/α,β-unsaturated/α-hetero) is 1. The largest absolute Gasteiger partial charge is 0.454 e. The Morgan fingerprint density at radius 2 is 1.28 bits per heavy atom. The van der Waals surface area contributed by atoms with Crippen molar-refractivity contribution in [3.63, 3.8) is 0 Å². The van der Waals surface area contributed by atoms with E-state index in [1.54, 1.807) is 23.1 Å². The van der Waals surface area contributed by atoms with Gasteiger partial charge in [-0.3, -0.25) is 4.79 Å². The van der Waals surface area contributed by atoms with Crippen LogP contribution in [0.25, 0.3) is 11.1 Å². The summed E-state index contributed by atoms with van der Waals surface area (Å²) in [6, 6.07) is 18.1. The third kappa shape index (κ3) is 7.59. The van der Waals surface area contributed by atoms with Crippen LogP contribution >= 0.6 is 0 Å². The van der Waals surface area contributed by atoms with Crippen LogP contribution in [0.3, 0.4) is 0 Å². The van der Waals surface area contributed by atoms with E-state index in [2.05, 4.69) is 37.1 Å². The maximum absolute atomic E-state index is 13.2. The predicted octanol–water partition coefficient (Wildman–Crippen LogP) is 6.25. The van der Waals surface area contributed by atoms with Gasteiger partial charge in [0, 0.05) is 38.6 Å². The third-order valence-corrected chi connectivity index (χ3v) is 5.21. The number of halogens is 3. The summed E-state index contributed by atoms with van der Waals surface area (Å²) < 4.78 is 39.5. The summed E-state index contributed by atoms with van der Waals surface area (Å²) in [7, 11) is 0. The van der Waals surface area contributed by atoms with Crippen molar-refractivity contribution >= 4 is 16.9 Å². The first-order valence-corrected chi connectivity index (χ1v) is 10.9. The number of ketones is 1. The molecule has 0 N–H and O–H groups in total. The minimum Gasteiger partial charge on any atom is -0.377 e. The Kier molecular flexibility index (Phi) is 9.57. The van der Waals surface area contributed by atoms with Gasteiger partial charge >= 0.3 is 6.18 Å². The lowest BCUT2D eigenvalue weighted by atomic mass is 10.0. The summed E-state index contributed by atoms with van der Waals surface area (Å²) in [5.74, 6) is -1.82. The molecule has 6 heteroatoms. The van der Waals surface area contributed by atoms with Gasteiger partial charge in [0.1, 0.15) is 0 Å². The van der Waals surface area contributed by atoms with Crippen LogP contribution in [-0.4, -0.2) is 47.9 Å². The van der Waals surface area contributed by atoms with E-state index in [9.17, 15) is 18.0 Å². The fourth-order valence-corrected chi connectivity index (χ4v) is 3.37. The summed E-state index contributed by atoms with van der Waals surface area (Å²) in [4.78, 5) is 16.0. The zero-order valence-corrected chi connectivity index (χ0v) is 18.9. The normalized spacial score (nSPS) is 12.6. The molecule has 0 unspecified atom stereocenters. The lowest BCUT2D eigenvalue weighted by Gasteiger charge is -2.24. The second kappa shape index (κ2) is 12.1. The molecule has 0 spiro atoms. The topological polar surface area (TPSA) is 23.6 Å². The Hall–Kier alpha value is -3.02. The molecule has 172 valence electrons. The van der Waals surface area contributed by atoms with Gasteiger partial charge in [0.05, 0.1) is 5.57 Å². The molecule has 0 amide bonds. The molecular formula is C26H31F3N2O. The highest BCUT2D eigenvalue weighted by Gasteiger charge is 2.41. The van der Waals surface area contributed by atoms with Crippen molar-refractivity contribution in [1.82, 2.24) is 9.80 Å². The monoisotopic (exact) mass is 444 g/mol. The van der Waals surface area contributed by atoms with Crippen LogP contribution in [0, 0.1) is 0 Å². The molecule has 0 saturated heterocycles. The van der Waals surface area contributed by atoms with Gasteiger partial charge in [0.15, 0.2) is 0 Å². The van der Waals surface area contributed by atoms with Crippen LogP contribution in [0.5, 0.6) is 0 Å². The van der Waals surface area contributed by atoms with Gasteiger partial charge in [-0.2, -0.15) is 13.2 Å². The maximum Gasteiger partial charge on any atom is 0.454 e. The average Bonchev–Trinajstić information content (AvgIpc) is 2.80. The van der Waals surface area contributed by atoms with Gasteiger partial charge in [0.2, 0.25) is 0 Å². The van der Waals surface area contributed by atoms with E-state index in [4.69, 9.17) is 0 Å². The smallest absolute Gasteiger partial charge is 0.377 e. The average molecular weight is 445 g/mol. The summed E-state index contributed by atoms with van der Waals surface area (Å²) in [6.07, 6.45) is -0.699. The van der Waals surface area contributed by atoms with E-state index in [1.165, 1.54) is 18.3 Å². The Morgan fingerprint density at radius 3 is 1.75 bits per heavy atom. The third-order valence-electron chi connectivity index (χ3n) is 5.21. The van der Waals surface area contributed by atoms with E-state index in [1.807, 2.05) is 25.1 Å². The summed E-state index contributed by atoms with van der Waals surface area (Å²) in [6.45, 7) is 8.65. The minimum absolute atomic E-state index is 0.268. The highest BCUT2D eigenvalue weighted by atomic mass is 19.4. The quantitative estimate of drug-likeness (QED) is 0.383. The van der Waals surface area contributed by atoms with E-state index in [-0.39, 0.29) is 11.1 Å². The second-order valence-corrected chi connectivity index (χ2v) is 7.52. The summed E-state index contributed by atoms with van der Waals surface area (Å²) in [5, 5.41) is 0. The molecule has 2 aromatic carbocycles. The van der Waals surface area contributed by atoms with Crippen LogP contribution in [0.15, 0.2) is 73.1 Å². The molecule has 0 heterocycles. The molecule has 2 rings (SSSR count). The van der Waals surface area contributed by atoms with Gasteiger partial charge < -0.3 is 9.80 Å². The predicted molar refractivity (Wildman–Crippen MR) is 125 cm³/mol. The number of rotatable bonds is 11. The zero-order chi connectivity index (χ0) is 23.6. The van der Waals surface area contributed by atoms with E-state index in [0.29, 0.717) is 13.1 Å². The molecule has 0 aliphatic heterocycles. The fraction of sp³-hybridized carbons (Fsp3) is 0.346. The molecule has 32 heavy (non-hydrogen) atoms. The highest BCUT2D eigenvalue weighted by molar-refractivity contribution is 6.23. The summed E-state index contributed by atoms with van der Waals surface area (Å²) in [5.41, 5.74) is 2.25. The van der Waals surface area contributed by atoms with Crippen molar-refractivity contribution in [3.05, 3.63) is 84.2 Å². The SMILES string of the molecule is CCN(/C=C(\C(=O)C(F)(F)F)c1ccccc1)CCCN(/C=C(\C)c1ccccc1)CC. The lowest BCUT2D eigenvalue weighted by Crippen LogP contribution is -2.28. The molecular weight excluding hydrogens is 413 g/mol. The van der Waals surface area contributed by atoms with Crippen LogP contribution in [0.4, 0.5) is 13.2 Å². The standard InChI is InChI=1S/C26H31F3N2O/c1-4-30(19-21(3)22-13-8-6-9-14-22)17-12-18-31(5-2)20-24(25(32)26(27,28)29)23-15-10-7-11-16-23/h6-11,13-16,19-20H,4-5,12,17-18H2,1-3H3/b21-19+,24-20-. The van der Waals surface area contributed by atoms with Crippen LogP contribution < -0.4 is 0 Å². The first kappa shape index (κ1) is 25.2. The molecule has 0 atom stereocenters. The highest BCUT2D eigenvalue weighted by Crippen LogP contribution is 2.27. The first-order chi connectivity index (χ1) is 15.3. The number of nitrogens with zero attached hydrogens (tertiary/aromatic N) is 2. The first-order valence-electron chi connectivity index (χ1n) is 10.9. The minimum atomic E-state index is -4.92. The number of benzene rings is 2. The molecule has 3 nitrogen and oxygen atoms in total. The zero-order valence-electron chi connectivity index (χ0n) is 18.9. The van der Waals surface area contributed by atoms with Crippen LogP contribution in [0.1, 0.15) is 38.3 Å². The van der Waals surface area contributed by atoms with E-state index in [0.717, 1.165) is 30.6 Å². The number of carbonyl (C=O) groups is 1. The van der Waals surface area contributed by atoms with E-state index < -0.39 is 12.0 Å². The Morgan fingerprint density at radius 1 is 0.812 bits per heavy atom. The van der Waals surface area contributed by atoms with Gasteiger partial charge in [-0.1, -0.05) is 60.7 Å². The Bertz CT molecular complexity index is 906. The molecule has 0 fully saturated rings. The second-order valence-electron chi connectivity index (χ2n) is 7.52. The molecule has 0 saturated carbocycles. The number of carbonyl (C=O) groups excluding carboxylic acids is 1. The molecule has 0 aliphatic rings. The van der Waals surface area contributed by atoms with Crippen LogP contribution in [0.2, 0.25) is 0 Å². The van der Waals surface area contributed by atoms with Crippen molar-refractivity contribution in [2.24, 2.45) is 0 Å². The molecule has 2 aromatic rings. The number of allylic oxidation sites excluding steroid dienone is 2. The Balaban J connectivity index is 2.10. The number of alkyl halides is 3. The Labute approximate surface area is 188 Å². The molecule has 0 radical (unpaired) electrons. The van der Waals surface area contributed by atoms with E-state index >= 15 is 0 Å². The van der Waals surface area contributed by atoms with Crippen molar-refractivity contribution in [2.45, 2.75) is 33.4 Å². The molecule has 0 aliphatic carbocycles. The van der Waals surface area contributed by atoms with Crippen LogP contribution in [-0.2, 0) is 4.79 Å². The summed E-state index contributed by atoms with van der Waals surface area (Å²) >= 11 is 0. The molecule has 0 aromatic heterocycles. The van der Waals surface area contributed by atoms with Crippen molar-refractivity contribution < 1.29 is 18.0 Å². The van der Waals surface area contributed by atoms with Crippen molar-refractivity contribution in [1.29, 1.82) is 0 Å². The van der Waals surface area contributed by atoms with Gasteiger partial charge in [0.25, 0.3) is 5.78 Å². The lowest BCUT2D eigenvalue weighted by molar-refractivity contribution is -0.164. The van der Waals surface area contributed by atoms with Gasteiger partial charge in [-0.05, 0) is 43.9 Å². The maximum atomic E-state index is 13.2. The van der Waals surface area contributed by atoms with Crippen molar-refractivity contribution in [3.8, 4) is 0 Å². The number of hydrogen-bond donors (Lipinski definition) is 0. The van der Waals surface area contributed by atoms with Gasteiger partial charge in [-0.15, -0.1) is 0 Å². The number of hydrogen-bond acceptors (Lipinski definition) is 3.